The molecule has 2 N–H and O–H groups in total. The summed E-state index contributed by atoms with van der Waals surface area (Å²) in [5, 5.41) is 0. The molecule has 1 aromatic heterocycles. The number of likely N-dealkylation sites (N-methyl/N-ethyl adjacent to an activating group) is 1. The van der Waals surface area contributed by atoms with Crippen LogP contribution in [0.3, 0.4) is 0 Å². The minimum absolute atomic E-state index is 0.233. The van der Waals surface area contributed by atoms with E-state index in [4.69, 9.17) is 10.2 Å². The van der Waals surface area contributed by atoms with Crippen LogP contribution in [-0.4, -0.2) is 24.0 Å². The van der Waals surface area contributed by atoms with Gasteiger partial charge in [0.15, 0.2) is 0 Å². The molecule has 2 rings (SSSR count). The summed E-state index contributed by atoms with van der Waals surface area (Å²) in [6, 6.07) is 2.02. The zero-order valence-corrected chi connectivity index (χ0v) is 9.41. The van der Waals surface area contributed by atoms with Crippen LogP contribution in [0.5, 0.6) is 0 Å². The van der Waals surface area contributed by atoms with Gasteiger partial charge in [-0.15, -0.1) is 0 Å². The van der Waals surface area contributed by atoms with Gasteiger partial charge in [-0.3, -0.25) is 4.90 Å². The third-order valence-electron chi connectivity index (χ3n) is 3.72. The van der Waals surface area contributed by atoms with E-state index in [2.05, 4.69) is 11.9 Å². The van der Waals surface area contributed by atoms with Crippen LogP contribution in [0.1, 0.15) is 31.2 Å². The molecule has 84 valence electrons. The Balaban J connectivity index is 2.02. The number of nitrogens with two attached hydrogens (primary N) is 1. The lowest BCUT2D eigenvalue weighted by Crippen LogP contribution is -2.49. The van der Waals surface area contributed by atoms with Gasteiger partial charge in [-0.2, -0.15) is 0 Å². The van der Waals surface area contributed by atoms with E-state index in [-0.39, 0.29) is 5.54 Å². The molecule has 0 bridgehead atoms. The zero-order valence-electron chi connectivity index (χ0n) is 9.41. The summed E-state index contributed by atoms with van der Waals surface area (Å²) in [4.78, 5) is 2.39. The summed E-state index contributed by atoms with van der Waals surface area (Å²) in [5.74, 6) is 0. The molecule has 1 aromatic rings. The monoisotopic (exact) mass is 208 g/mol. The second kappa shape index (κ2) is 4.37. The second-order valence-corrected chi connectivity index (χ2v) is 4.62. The fourth-order valence-corrected chi connectivity index (χ4v) is 2.60. The van der Waals surface area contributed by atoms with Crippen molar-refractivity contribution in [3.05, 3.63) is 24.2 Å². The smallest absolute Gasteiger partial charge is 0.0947 e. The van der Waals surface area contributed by atoms with E-state index < -0.39 is 0 Å². The summed E-state index contributed by atoms with van der Waals surface area (Å²) in [7, 11) is 2.17. The van der Waals surface area contributed by atoms with Crippen LogP contribution in [-0.2, 0) is 6.54 Å². The van der Waals surface area contributed by atoms with Gasteiger partial charge in [0.1, 0.15) is 0 Å². The normalized spacial score (nSPS) is 19.9. The topological polar surface area (TPSA) is 42.4 Å². The third-order valence-corrected chi connectivity index (χ3v) is 3.72. The van der Waals surface area contributed by atoms with Gasteiger partial charge in [0.05, 0.1) is 12.5 Å². The highest BCUT2D eigenvalue weighted by molar-refractivity contribution is 5.07. The molecule has 0 unspecified atom stereocenters. The maximum absolute atomic E-state index is 5.93. The first-order valence-corrected chi connectivity index (χ1v) is 5.69. The lowest BCUT2D eigenvalue weighted by atomic mass is 9.95. The Morgan fingerprint density at radius 2 is 2.20 bits per heavy atom. The zero-order chi connectivity index (χ0) is 10.7. The molecular formula is C12H20N2O. The predicted octanol–water partition coefficient (Wildman–Crippen LogP) is 1.98. The maximum atomic E-state index is 5.93. The fourth-order valence-electron chi connectivity index (χ4n) is 2.60. The Bertz CT molecular complexity index is 289. The quantitative estimate of drug-likeness (QED) is 0.822. The van der Waals surface area contributed by atoms with E-state index in [1.54, 1.807) is 6.26 Å². The van der Waals surface area contributed by atoms with Crippen LogP contribution in [0.4, 0.5) is 0 Å². The van der Waals surface area contributed by atoms with Crippen LogP contribution >= 0.6 is 0 Å². The molecule has 0 atom stereocenters. The van der Waals surface area contributed by atoms with Gasteiger partial charge >= 0.3 is 0 Å². The van der Waals surface area contributed by atoms with Gasteiger partial charge in [0.25, 0.3) is 0 Å². The van der Waals surface area contributed by atoms with E-state index in [9.17, 15) is 0 Å². The van der Waals surface area contributed by atoms with Crippen LogP contribution in [0.15, 0.2) is 23.0 Å². The molecule has 15 heavy (non-hydrogen) atoms. The molecule has 3 heteroatoms. The van der Waals surface area contributed by atoms with Gasteiger partial charge < -0.3 is 10.2 Å². The Morgan fingerprint density at radius 3 is 2.73 bits per heavy atom. The fraction of sp³-hybridized carbons (Fsp3) is 0.667. The molecular weight excluding hydrogens is 188 g/mol. The lowest BCUT2D eigenvalue weighted by Gasteiger charge is -2.37. The average Bonchev–Trinajstić information content (AvgIpc) is 2.87. The average molecular weight is 208 g/mol. The van der Waals surface area contributed by atoms with Crippen LogP contribution in [0.2, 0.25) is 0 Å². The number of furan rings is 1. The third kappa shape index (κ3) is 2.08. The molecule has 1 saturated carbocycles. The van der Waals surface area contributed by atoms with Crippen LogP contribution < -0.4 is 5.73 Å². The lowest BCUT2D eigenvalue weighted by molar-refractivity contribution is 0.123. The van der Waals surface area contributed by atoms with Crippen molar-refractivity contribution in [3.8, 4) is 0 Å². The van der Waals surface area contributed by atoms with Gasteiger partial charge in [-0.1, -0.05) is 12.8 Å². The SMILES string of the molecule is CN(Cc1ccoc1)C1(CN)CCCC1. The summed E-state index contributed by atoms with van der Waals surface area (Å²) >= 11 is 0. The minimum atomic E-state index is 0.233. The highest BCUT2D eigenvalue weighted by Crippen LogP contribution is 2.34. The van der Waals surface area contributed by atoms with Crippen molar-refractivity contribution in [2.75, 3.05) is 13.6 Å². The largest absolute Gasteiger partial charge is 0.472 e. The van der Waals surface area contributed by atoms with Crippen molar-refractivity contribution in [2.45, 2.75) is 37.8 Å². The maximum Gasteiger partial charge on any atom is 0.0947 e. The Kier molecular flexibility index (Phi) is 3.12. The highest BCUT2D eigenvalue weighted by Gasteiger charge is 2.36. The van der Waals surface area contributed by atoms with Gasteiger partial charge in [-0.05, 0) is 26.0 Å². The van der Waals surface area contributed by atoms with Gasteiger partial charge in [0.2, 0.25) is 0 Å². The number of hydrogen-bond donors (Lipinski definition) is 1. The van der Waals surface area contributed by atoms with E-state index in [0.717, 1.165) is 13.1 Å². The highest BCUT2D eigenvalue weighted by atomic mass is 16.3. The van der Waals surface area contributed by atoms with E-state index in [1.807, 2.05) is 12.3 Å². The molecule has 1 aliphatic carbocycles. The van der Waals surface area contributed by atoms with Crippen molar-refractivity contribution in [1.29, 1.82) is 0 Å². The summed E-state index contributed by atoms with van der Waals surface area (Å²) in [6.07, 6.45) is 8.64. The first-order chi connectivity index (χ1) is 7.27. The van der Waals surface area contributed by atoms with Crippen LogP contribution in [0.25, 0.3) is 0 Å². The van der Waals surface area contributed by atoms with Crippen molar-refractivity contribution in [1.82, 2.24) is 4.90 Å². The molecule has 0 aliphatic heterocycles. The first kappa shape index (κ1) is 10.7. The molecule has 0 saturated heterocycles. The summed E-state index contributed by atoms with van der Waals surface area (Å²) in [6.45, 7) is 1.70. The Morgan fingerprint density at radius 1 is 1.47 bits per heavy atom. The molecule has 3 nitrogen and oxygen atoms in total. The van der Waals surface area contributed by atoms with Crippen LogP contribution in [0, 0.1) is 0 Å². The van der Waals surface area contributed by atoms with E-state index >= 15 is 0 Å². The molecule has 0 spiro atoms. The van der Waals surface area contributed by atoms with Crippen molar-refractivity contribution in [2.24, 2.45) is 5.73 Å². The molecule has 0 aromatic carbocycles. The molecule has 1 heterocycles. The number of nitrogens with zero attached hydrogens (tertiary/aromatic N) is 1. The number of rotatable bonds is 4. The summed E-state index contributed by atoms with van der Waals surface area (Å²) in [5.41, 5.74) is 7.40. The van der Waals surface area contributed by atoms with E-state index in [0.29, 0.717) is 0 Å². The molecule has 1 fully saturated rings. The predicted molar refractivity (Wildman–Crippen MR) is 60.4 cm³/mol. The van der Waals surface area contributed by atoms with Crippen molar-refractivity contribution >= 4 is 0 Å². The number of hydrogen-bond acceptors (Lipinski definition) is 3. The van der Waals surface area contributed by atoms with Gasteiger partial charge in [0, 0.05) is 24.2 Å². The molecule has 0 radical (unpaired) electrons. The molecule has 1 aliphatic rings. The first-order valence-electron chi connectivity index (χ1n) is 5.69. The summed E-state index contributed by atoms with van der Waals surface area (Å²) < 4.78 is 5.09. The molecule has 0 amide bonds. The Labute approximate surface area is 91.2 Å². The minimum Gasteiger partial charge on any atom is -0.472 e. The van der Waals surface area contributed by atoms with Crippen molar-refractivity contribution < 1.29 is 4.42 Å². The van der Waals surface area contributed by atoms with Crippen molar-refractivity contribution in [3.63, 3.8) is 0 Å². The standard InChI is InChI=1S/C12H20N2O/c1-14(8-11-4-7-15-9-11)12(10-13)5-2-3-6-12/h4,7,9H,2-3,5-6,8,10,13H2,1H3. The van der Waals surface area contributed by atoms with E-state index in [1.165, 1.54) is 31.2 Å². The van der Waals surface area contributed by atoms with Gasteiger partial charge in [-0.25, -0.2) is 0 Å². The second-order valence-electron chi connectivity index (χ2n) is 4.62. The Hall–Kier alpha value is -0.800.